The van der Waals surface area contributed by atoms with Crippen LogP contribution < -0.4 is 5.32 Å². The molecule has 0 fully saturated rings. The Morgan fingerprint density at radius 2 is 0.851 bits per heavy atom. The number of aliphatic hydroxyl groups is 3. The van der Waals surface area contributed by atoms with Gasteiger partial charge >= 0.3 is 0 Å². The number of amides is 1. The van der Waals surface area contributed by atoms with E-state index in [1.165, 1.54) is 161 Å². The molecule has 3 unspecified atom stereocenters. The number of hydrogen-bond acceptors (Lipinski definition) is 4. The molecule has 47 heavy (non-hydrogen) atoms. The summed E-state index contributed by atoms with van der Waals surface area (Å²) in [7, 11) is 0. The molecule has 1 amide bonds. The standard InChI is InChI=1S/C42H83NO4/c1-3-5-7-9-11-13-15-16-17-18-19-20-21-22-23-24-25-27-29-31-33-35-37-41(46)43-39(38-44)42(47)40(45)36-34-32-30-28-26-14-12-10-8-6-4-2/h28,30,39-40,42,44-45,47H,3-27,29,31-38H2,1-2H3,(H,43,46)/b30-28+. The third kappa shape index (κ3) is 33.4. The van der Waals surface area contributed by atoms with Crippen LogP contribution in [-0.2, 0) is 4.79 Å². The molecule has 280 valence electrons. The monoisotopic (exact) mass is 666 g/mol. The maximum absolute atomic E-state index is 12.4. The molecule has 4 N–H and O–H groups in total. The van der Waals surface area contributed by atoms with Crippen molar-refractivity contribution in [3.8, 4) is 0 Å². The number of carbonyl (C=O) groups is 1. The first-order valence-corrected chi connectivity index (χ1v) is 21.0. The predicted octanol–water partition coefficient (Wildman–Crippen LogP) is 11.7. The van der Waals surface area contributed by atoms with E-state index in [2.05, 4.69) is 31.3 Å². The Morgan fingerprint density at radius 3 is 1.23 bits per heavy atom. The normalized spacial score (nSPS) is 13.7. The summed E-state index contributed by atoms with van der Waals surface area (Å²) in [5.74, 6) is -0.152. The SMILES string of the molecule is CCCCCCCC/C=C/CCCC(O)C(O)C(CO)NC(=O)CCCCCCCCCCCCCCCCCCCCCCCC. The van der Waals surface area contributed by atoms with Gasteiger partial charge in [0.1, 0.15) is 6.10 Å². The van der Waals surface area contributed by atoms with Gasteiger partial charge in [0.2, 0.25) is 5.91 Å². The van der Waals surface area contributed by atoms with Crippen LogP contribution in [0.15, 0.2) is 12.2 Å². The Bertz CT molecular complexity index is 655. The third-order valence-corrected chi connectivity index (χ3v) is 9.87. The fourth-order valence-electron chi connectivity index (χ4n) is 6.57. The van der Waals surface area contributed by atoms with Gasteiger partial charge in [0.05, 0.1) is 18.8 Å². The van der Waals surface area contributed by atoms with Crippen molar-refractivity contribution >= 4 is 5.91 Å². The summed E-state index contributed by atoms with van der Waals surface area (Å²) >= 11 is 0. The number of allylic oxidation sites excluding steroid dienone is 2. The van der Waals surface area contributed by atoms with E-state index in [4.69, 9.17) is 0 Å². The van der Waals surface area contributed by atoms with Crippen molar-refractivity contribution in [1.29, 1.82) is 0 Å². The van der Waals surface area contributed by atoms with Crippen molar-refractivity contribution < 1.29 is 20.1 Å². The average molecular weight is 666 g/mol. The highest BCUT2D eigenvalue weighted by Gasteiger charge is 2.26. The highest BCUT2D eigenvalue weighted by atomic mass is 16.3. The fourth-order valence-corrected chi connectivity index (χ4v) is 6.57. The molecule has 0 aliphatic heterocycles. The highest BCUT2D eigenvalue weighted by Crippen LogP contribution is 2.16. The molecular formula is C42H83NO4. The molecule has 0 aliphatic carbocycles. The Kier molecular flexibility index (Phi) is 37.2. The average Bonchev–Trinajstić information content (AvgIpc) is 3.07. The minimum absolute atomic E-state index is 0.152. The van der Waals surface area contributed by atoms with Crippen LogP contribution in [0.1, 0.15) is 226 Å². The van der Waals surface area contributed by atoms with E-state index in [0.717, 1.165) is 38.5 Å². The maximum Gasteiger partial charge on any atom is 0.220 e. The van der Waals surface area contributed by atoms with Gasteiger partial charge in [-0.15, -0.1) is 0 Å². The van der Waals surface area contributed by atoms with Crippen LogP contribution in [0.3, 0.4) is 0 Å². The summed E-state index contributed by atoms with van der Waals surface area (Å²) in [6, 6.07) is -0.819. The number of hydrogen-bond donors (Lipinski definition) is 4. The zero-order chi connectivity index (χ0) is 34.5. The number of aliphatic hydroxyl groups excluding tert-OH is 3. The topological polar surface area (TPSA) is 89.8 Å². The van der Waals surface area contributed by atoms with Crippen molar-refractivity contribution in [3.05, 3.63) is 12.2 Å². The van der Waals surface area contributed by atoms with E-state index in [-0.39, 0.29) is 12.5 Å². The first-order chi connectivity index (χ1) is 23.1. The molecule has 0 saturated carbocycles. The molecule has 0 radical (unpaired) electrons. The van der Waals surface area contributed by atoms with Crippen molar-refractivity contribution in [2.75, 3.05) is 6.61 Å². The Morgan fingerprint density at radius 1 is 0.511 bits per heavy atom. The second-order valence-corrected chi connectivity index (χ2v) is 14.5. The van der Waals surface area contributed by atoms with Crippen LogP contribution in [0.5, 0.6) is 0 Å². The van der Waals surface area contributed by atoms with E-state index < -0.39 is 18.2 Å². The van der Waals surface area contributed by atoms with Crippen molar-refractivity contribution in [2.45, 2.75) is 244 Å². The molecule has 0 saturated heterocycles. The number of nitrogens with one attached hydrogen (secondary N) is 1. The number of carbonyl (C=O) groups excluding carboxylic acids is 1. The molecule has 5 heteroatoms. The molecule has 0 rings (SSSR count). The third-order valence-electron chi connectivity index (χ3n) is 9.87. The van der Waals surface area contributed by atoms with Crippen LogP contribution >= 0.6 is 0 Å². The summed E-state index contributed by atoms with van der Waals surface area (Å²) < 4.78 is 0. The van der Waals surface area contributed by atoms with E-state index in [9.17, 15) is 20.1 Å². The summed E-state index contributed by atoms with van der Waals surface area (Å²) in [6.45, 7) is 4.15. The minimum Gasteiger partial charge on any atom is -0.394 e. The van der Waals surface area contributed by atoms with Crippen molar-refractivity contribution in [3.63, 3.8) is 0 Å². The minimum atomic E-state index is -1.15. The Balaban J connectivity index is 3.58. The lowest BCUT2D eigenvalue weighted by molar-refractivity contribution is -0.124. The van der Waals surface area contributed by atoms with Gasteiger partial charge in [0.15, 0.2) is 0 Å². The lowest BCUT2D eigenvalue weighted by Gasteiger charge is -2.26. The second-order valence-electron chi connectivity index (χ2n) is 14.5. The van der Waals surface area contributed by atoms with Crippen molar-refractivity contribution in [2.24, 2.45) is 0 Å². The van der Waals surface area contributed by atoms with E-state index in [1.54, 1.807) is 0 Å². The molecule has 0 spiro atoms. The lowest BCUT2D eigenvalue weighted by Crippen LogP contribution is -2.50. The maximum atomic E-state index is 12.4. The summed E-state index contributed by atoms with van der Waals surface area (Å²) in [6.07, 6.45) is 43.3. The van der Waals surface area contributed by atoms with Crippen molar-refractivity contribution in [1.82, 2.24) is 5.32 Å². The first-order valence-electron chi connectivity index (χ1n) is 21.0. The predicted molar refractivity (Wildman–Crippen MR) is 204 cm³/mol. The quantitative estimate of drug-likeness (QED) is 0.0390. The van der Waals surface area contributed by atoms with Crippen LogP contribution in [0.25, 0.3) is 0 Å². The highest BCUT2D eigenvalue weighted by molar-refractivity contribution is 5.76. The van der Waals surface area contributed by atoms with Gasteiger partial charge in [0, 0.05) is 6.42 Å². The van der Waals surface area contributed by atoms with Gasteiger partial charge in [-0.3, -0.25) is 4.79 Å². The van der Waals surface area contributed by atoms with E-state index in [0.29, 0.717) is 12.8 Å². The van der Waals surface area contributed by atoms with Crippen LogP contribution in [-0.4, -0.2) is 46.1 Å². The first kappa shape index (κ1) is 46.1. The molecular weight excluding hydrogens is 582 g/mol. The summed E-state index contributed by atoms with van der Waals surface area (Å²) in [5, 5.41) is 33.3. The lowest BCUT2D eigenvalue weighted by atomic mass is 10.0. The van der Waals surface area contributed by atoms with Crippen LogP contribution in [0.4, 0.5) is 0 Å². The zero-order valence-electron chi connectivity index (χ0n) is 31.7. The fraction of sp³-hybridized carbons (Fsp3) is 0.929. The molecule has 5 nitrogen and oxygen atoms in total. The Labute approximate surface area is 293 Å². The smallest absolute Gasteiger partial charge is 0.220 e. The number of unbranched alkanes of at least 4 members (excludes halogenated alkanes) is 28. The van der Waals surface area contributed by atoms with Gasteiger partial charge in [-0.05, 0) is 38.5 Å². The van der Waals surface area contributed by atoms with Gasteiger partial charge < -0.3 is 20.6 Å². The second kappa shape index (κ2) is 37.9. The largest absolute Gasteiger partial charge is 0.394 e. The van der Waals surface area contributed by atoms with Crippen LogP contribution in [0, 0.1) is 0 Å². The zero-order valence-corrected chi connectivity index (χ0v) is 31.7. The molecule has 0 aliphatic rings. The van der Waals surface area contributed by atoms with E-state index >= 15 is 0 Å². The molecule has 3 atom stereocenters. The number of rotatable bonds is 38. The molecule has 0 bridgehead atoms. The molecule has 0 aromatic rings. The van der Waals surface area contributed by atoms with Gasteiger partial charge in [0.25, 0.3) is 0 Å². The Hall–Kier alpha value is -0.910. The van der Waals surface area contributed by atoms with Crippen LogP contribution in [0.2, 0.25) is 0 Å². The molecule has 0 aromatic carbocycles. The summed E-state index contributed by atoms with van der Waals surface area (Å²) in [4.78, 5) is 12.4. The van der Waals surface area contributed by atoms with Gasteiger partial charge in [-0.1, -0.05) is 193 Å². The van der Waals surface area contributed by atoms with E-state index in [1.807, 2.05) is 0 Å². The van der Waals surface area contributed by atoms with Gasteiger partial charge in [-0.25, -0.2) is 0 Å². The summed E-state index contributed by atoms with van der Waals surface area (Å²) in [5.41, 5.74) is 0. The van der Waals surface area contributed by atoms with Gasteiger partial charge in [-0.2, -0.15) is 0 Å². The molecule has 0 heterocycles. The molecule has 0 aromatic heterocycles.